The van der Waals surface area contributed by atoms with E-state index in [0.717, 1.165) is 5.01 Å². The molecule has 0 radical (unpaired) electrons. The van der Waals surface area contributed by atoms with Crippen molar-refractivity contribution in [2.24, 2.45) is 10.7 Å². The minimum Gasteiger partial charge on any atom is -0.480 e. The lowest BCUT2D eigenvalue weighted by atomic mass is 9.91. The highest BCUT2D eigenvalue weighted by molar-refractivity contribution is 5.73. The molecule has 1 fully saturated rings. The maximum absolute atomic E-state index is 10.6. The first-order valence-corrected chi connectivity index (χ1v) is 3.79. The standard InChI is InChI=1S/C7H12N2O3/c1-7(2)3-5(6(10)11)9(4-7)8-12/h5H,3-4H2,1-2H3,(H,10,11)/t5-/m0/s1. The molecule has 1 rings (SSSR count). The van der Waals surface area contributed by atoms with E-state index < -0.39 is 12.0 Å². The zero-order chi connectivity index (χ0) is 9.35. The Kier molecular flexibility index (Phi) is 2.04. The van der Waals surface area contributed by atoms with E-state index in [2.05, 4.69) is 5.29 Å². The number of carboxylic acids is 1. The molecule has 0 aromatic rings. The van der Waals surface area contributed by atoms with Gasteiger partial charge in [0.25, 0.3) is 0 Å². The largest absolute Gasteiger partial charge is 0.480 e. The van der Waals surface area contributed by atoms with Crippen molar-refractivity contribution in [3.05, 3.63) is 4.91 Å². The van der Waals surface area contributed by atoms with Gasteiger partial charge in [0.2, 0.25) is 0 Å². The SMILES string of the molecule is CC1(C)C[C@@H](C(=O)O)N(N=O)C1. The van der Waals surface area contributed by atoms with Crippen LogP contribution in [0.25, 0.3) is 0 Å². The van der Waals surface area contributed by atoms with Gasteiger partial charge in [-0.05, 0) is 11.8 Å². The van der Waals surface area contributed by atoms with E-state index in [1.807, 2.05) is 13.8 Å². The summed E-state index contributed by atoms with van der Waals surface area (Å²) in [7, 11) is 0. The van der Waals surface area contributed by atoms with Crippen molar-refractivity contribution in [1.82, 2.24) is 5.01 Å². The minimum absolute atomic E-state index is 0.128. The molecule has 1 atom stereocenters. The first-order valence-electron chi connectivity index (χ1n) is 3.79. The Morgan fingerprint density at radius 1 is 1.67 bits per heavy atom. The van der Waals surface area contributed by atoms with Gasteiger partial charge in [-0.15, -0.1) is 4.91 Å². The van der Waals surface area contributed by atoms with Gasteiger partial charge in [-0.2, -0.15) is 0 Å². The van der Waals surface area contributed by atoms with Gasteiger partial charge in [0.15, 0.2) is 0 Å². The van der Waals surface area contributed by atoms with Crippen LogP contribution in [0.15, 0.2) is 5.29 Å². The fourth-order valence-electron chi connectivity index (χ4n) is 1.54. The maximum atomic E-state index is 10.6. The molecule has 0 aliphatic carbocycles. The molecule has 0 unspecified atom stereocenters. The van der Waals surface area contributed by atoms with Gasteiger partial charge in [0, 0.05) is 6.54 Å². The van der Waals surface area contributed by atoms with E-state index in [1.54, 1.807) is 0 Å². The molecule has 1 aliphatic rings. The maximum Gasteiger partial charge on any atom is 0.328 e. The molecule has 0 bridgehead atoms. The van der Waals surface area contributed by atoms with Gasteiger partial charge in [0.05, 0.1) is 5.29 Å². The van der Waals surface area contributed by atoms with Crippen LogP contribution in [0.4, 0.5) is 0 Å². The van der Waals surface area contributed by atoms with Gasteiger partial charge in [0.1, 0.15) is 6.04 Å². The number of carbonyl (C=O) groups is 1. The minimum atomic E-state index is -0.972. The van der Waals surface area contributed by atoms with Crippen LogP contribution < -0.4 is 0 Å². The number of hydrogen-bond donors (Lipinski definition) is 1. The second-order valence-electron chi connectivity index (χ2n) is 3.90. The van der Waals surface area contributed by atoms with Crippen LogP contribution in [0.2, 0.25) is 0 Å². The first-order chi connectivity index (χ1) is 5.46. The summed E-state index contributed by atoms with van der Waals surface area (Å²) in [5, 5.41) is 12.5. The lowest BCUT2D eigenvalue weighted by molar-refractivity contribution is -0.142. The van der Waals surface area contributed by atoms with Crippen LogP contribution in [0, 0.1) is 10.3 Å². The lowest BCUT2D eigenvalue weighted by Gasteiger charge is -2.14. The molecule has 1 saturated heterocycles. The summed E-state index contributed by atoms with van der Waals surface area (Å²) in [6, 6.07) is -0.738. The van der Waals surface area contributed by atoms with Gasteiger partial charge >= 0.3 is 5.97 Å². The van der Waals surface area contributed by atoms with Crippen LogP contribution in [0.5, 0.6) is 0 Å². The summed E-state index contributed by atoms with van der Waals surface area (Å²) in [6.45, 7) is 4.27. The molecule has 0 saturated carbocycles. The van der Waals surface area contributed by atoms with Crippen molar-refractivity contribution in [3.63, 3.8) is 0 Å². The van der Waals surface area contributed by atoms with E-state index in [1.165, 1.54) is 0 Å². The van der Waals surface area contributed by atoms with Crippen molar-refractivity contribution in [2.75, 3.05) is 6.54 Å². The highest BCUT2D eigenvalue weighted by Crippen LogP contribution is 2.33. The number of nitroso groups, excluding NO2 is 1. The van der Waals surface area contributed by atoms with Gasteiger partial charge < -0.3 is 5.11 Å². The Balaban J connectivity index is 2.76. The second kappa shape index (κ2) is 2.73. The molecular weight excluding hydrogens is 160 g/mol. The number of nitrogens with zero attached hydrogens (tertiary/aromatic N) is 2. The van der Waals surface area contributed by atoms with Crippen molar-refractivity contribution < 1.29 is 9.90 Å². The summed E-state index contributed by atoms with van der Waals surface area (Å²) < 4.78 is 0. The average Bonchev–Trinajstić information content (AvgIpc) is 2.25. The van der Waals surface area contributed by atoms with Crippen molar-refractivity contribution in [1.29, 1.82) is 0 Å². The molecule has 5 nitrogen and oxygen atoms in total. The molecule has 1 aliphatic heterocycles. The van der Waals surface area contributed by atoms with Crippen molar-refractivity contribution >= 4 is 5.97 Å². The zero-order valence-corrected chi connectivity index (χ0v) is 7.15. The highest BCUT2D eigenvalue weighted by atomic mass is 16.4. The van der Waals surface area contributed by atoms with Gasteiger partial charge in [-0.3, -0.25) is 0 Å². The topological polar surface area (TPSA) is 70.0 Å². The summed E-state index contributed by atoms with van der Waals surface area (Å²) in [5.74, 6) is -0.972. The van der Waals surface area contributed by atoms with Gasteiger partial charge in [-0.25, -0.2) is 9.80 Å². The fourth-order valence-corrected chi connectivity index (χ4v) is 1.54. The van der Waals surface area contributed by atoms with Crippen LogP contribution in [0.1, 0.15) is 20.3 Å². The molecular formula is C7H12N2O3. The summed E-state index contributed by atoms with van der Waals surface area (Å²) in [5.41, 5.74) is -0.128. The third-order valence-corrected chi connectivity index (χ3v) is 2.09. The van der Waals surface area contributed by atoms with E-state index in [0.29, 0.717) is 13.0 Å². The zero-order valence-electron chi connectivity index (χ0n) is 7.15. The average molecular weight is 172 g/mol. The normalized spacial score (nSPS) is 27.2. The van der Waals surface area contributed by atoms with Crippen LogP contribution in [0.3, 0.4) is 0 Å². The van der Waals surface area contributed by atoms with E-state index >= 15 is 0 Å². The van der Waals surface area contributed by atoms with Crippen LogP contribution in [-0.4, -0.2) is 28.7 Å². The van der Waals surface area contributed by atoms with E-state index in [9.17, 15) is 9.70 Å². The van der Waals surface area contributed by atoms with Crippen molar-refractivity contribution in [2.45, 2.75) is 26.3 Å². The molecule has 68 valence electrons. The Morgan fingerprint density at radius 2 is 2.25 bits per heavy atom. The molecule has 0 amide bonds. The first kappa shape index (κ1) is 8.96. The third kappa shape index (κ3) is 1.54. The molecule has 0 aromatic heterocycles. The van der Waals surface area contributed by atoms with E-state index in [-0.39, 0.29) is 5.41 Å². The molecule has 12 heavy (non-hydrogen) atoms. The summed E-state index contributed by atoms with van der Waals surface area (Å²) >= 11 is 0. The second-order valence-corrected chi connectivity index (χ2v) is 3.90. The Hall–Kier alpha value is -1.13. The van der Waals surface area contributed by atoms with Crippen LogP contribution in [-0.2, 0) is 4.79 Å². The lowest BCUT2D eigenvalue weighted by Crippen LogP contribution is -2.31. The predicted octanol–water partition coefficient (Wildman–Crippen LogP) is 0.853. The molecule has 5 heteroatoms. The van der Waals surface area contributed by atoms with Gasteiger partial charge in [-0.1, -0.05) is 13.8 Å². The third-order valence-electron chi connectivity index (χ3n) is 2.09. The summed E-state index contributed by atoms with van der Waals surface area (Å²) in [4.78, 5) is 20.8. The quantitative estimate of drug-likeness (QED) is 0.627. The molecule has 1 heterocycles. The molecule has 0 spiro atoms. The van der Waals surface area contributed by atoms with Crippen molar-refractivity contribution in [3.8, 4) is 0 Å². The Morgan fingerprint density at radius 3 is 2.58 bits per heavy atom. The molecule has 0 aromatic carbocycles. The number of carboxylic acid groups (broad SMARTS) is 1. The number of aliphatic carboxylic acids is 1. The summed E-state index contributed by atoms with van der Waals surface area (Å²) in [6.07, 6.45) is 0.480. The van der Waals surface area contributed by atoms with Crippen LogP contribution >= 0.6 is 0 Å². The van der Waals surface area contributed by atoms with E-state index in [4.69, 9.17) is 5.11 Å². The monoisotopic (exact) mass is 172 g/mol. The highest BCUT2D eigenvalue weighted by Gasteiger charge is 2.41. The predicted molar refractivity (Wildman–Crippen MR) is 42.3 cm³/mol. The number of hydrogen-bond acceptors (Lipinski definition) is 3. The Bertz CT molecular complexity index is 215. The smallest absolute Gasteiger partial charge is 0.328 e. The Labute approximate surface area is 70.3 Å². The fraction of sp³-hybridized carbons (Fsp3) is 0.857. The molecule has 1 N–H and O–H groups in total. The number of rotatable bonds is 2.